The minimum absolute atomic E-state index is 0.104. The topological polar surface area (TPSA) is 63.6 Å². The zero-order valence-corrected chi connectivity index (χ0v) is 28.1. The fourth-order valence-electron chi connectivity index (χ4n) is 7.14. The minimum Gasteiger partial charge on any atom is -0.372 e. The van der Waals surface area contributed by atoms with Crippen molar-refractivity contribution in [1.29, 1.82) is 0 Å². The molecule has 1 unspecified atom stereocenters. The molecule has 0 saturated carbocycles. The number of rotatable bonds is 5. The molecule has 1 N–H and O–H groups in total. The van der Waals surface area contributed by atoms with Gasteiger partial charge in [0.1, 0.15) is 0 Å². The lowest BCUT2D eigenvalue weighted by Gasteiger charge is -2.24. The van der Waals surface area contributed by atoms with E-state index in [4.69, 9.17) is 15.0 Å². The van der Waals surface area contributed by atoms with Gasteiger partial charge in [-0.05, 0) is 64.7 Å². The van der Waals surface area contributed by atoms with E-state index in [0.29, 0.717) is 0 Å². The highest BCUT2D eigenvalue weighted by molar-refractivity contribution is 5.97. The Morgan fingerprint density at radius 3 is 1.85 bits per heavy atom. The zero-order chi connectivity index (χ0) is 34.4. The molecule has 5 aromatic carbocycles. The summed E-state index contributed by atoms with van der Waals surface area (Å²) in [5.41, 5.74) is 14.2. The molecule has 4 aromatic heterocycles. The molecule has 0 amide bonds. The molecule has 5 heteroatoms. The highest BCUT2D eigenvalue weighted by Crippen LogP contribution is 2.37. The second-order valence-corrected chi connectivity index (χ2v) is 13.2. The van der Waals surface area contributed by atoms with E-state index in [1.165, 1.54) is 5.56 Å². The summed E-state index contributed by atoms with van der Waals surface area (Å²) in [6, 6.07) is 55.0. The second-order valence-electron chi connectivity index (χ2n) is 13.2. The monoisotopic (exact) mass is 665 g/mol. The molecule has 0 saturated heterocycles. The molecular weight excluding hydrogens is 635 g/mol. The third-order valence-corrected chi connectivity index (χ3v) is 9.94. The zero-order valence-electron chi connectivity index (χ0n) is 28.1. The molecule has 5 heterocycles. The first kappa shape index (κ1) is 29.9. The predicted octanol–water partition coefficient (Wildman–Crippen LogP) is 11.6. The van der Waals surface area contributed by atoms with Crippen LogP contribution in [0.25, 0.3) is 83.8 Å². The summed E-state index contributed by atoms with van der Waals surface area (Å²) in [6.07, 6.45) is 6.21. The molecule has 1 aliphatic heterocycles. The van der Waals surface area contributed by atoms with Gasteiger partial charge >= 0.3 is 0 Å². The Morgan fingerprint density at radius 2 is 1.06 bits per heavy atom. The summed E-state index contributed by atoms with van der Waals surface area (Å²) in [5.74, 6) is 0. The fraction of sp³-hybridized carbons (Fsp3) is 0.0213. The Bertz CT molecular complexity index is 2810. The van der Waals surface area contributed by atoms with Crippen LogP contribution in [0.5, 0.6) is 0 Å². The molecule has 1 aliphatic rings. The first-order chi connectivity index (χ1) is 25.7. The smallest absolute Gasteiger partial charge is 0.0947 e. The Hall–Kier alpha value is -6.98. The summed E-state index contributed by atoms with van der Waals surface area (Å²) in [5, 5.41) is 7.05. The molecule has 0 radical (unpaired) electrons. The van der Waals surface area contributed by atoms with Crippen molar-refractivity contribution in [3.8, 4) is 45.0 Å². The average Bonchev–Trinajstić information content (AvgIpc) is 3.23. The van der Waals surface area contributed by atoms with Crippen molar-refractivity contribution < 1.29 is 0 Å². The third-order valence-electron chi connectivity index (χ3n) is 9.94. The van der Waals surface area contributed by atoms with Gasteiger partial charge in [0.25, 0.3) is 0 Å². The largest absolute Gasteiger partial charge is 0.372 e. The fourth-order valence-corrected chi connectivity index (χ4v) is 7.14. The quantitative estimate of drug-likeness (QED) is 0.198. The summed E-state index contributed by atoms with van der Waals surface area (Å²) < 4.78 is 0. The van der Waals surface area contributed by atoms with Gasteiger partial charge in [-0.3, -0.25) is 4.98 Å². The number of fused-ring (bicyclic) bond motifs is 5. The maximum Gasteiger partial charge on any atom is 0.0947 e. The lowest BCUT2D eigenvalue weighted by Crippen LogP contribution is -2.12. The van der Waals surface area contributed by atoms with E-state index in [-0.39, 0.29) is 6.04 Å². The van der Waals surface area contributed by atoms with Crippen LogP contribution in [0.3, 0.4) is 0 Å². The highest BCUT2D eigenvalue weighted by Gasteiger charge is 2.18. The highest BCUT2D eigenvalue weighted by atomic mass is 14.9. The number of nitrogens with one attached hydrogen (secondary N) is 1. The average molecular weight is 666 g/mol. The van der Waals surface area contributed by atoms with Gasteiger partial charge in [-0.2, -0.15) is 0 Å². The molecule has 52 heavy (non-hydrogen) atoms. The van der Waals surface area contributed by atoms with Gasteiger partial charge in [0.2, 0.25) is 0 Å². The summed E-state index contributed by atoms with van der Waals surface area (Å²) in [7, 11) is 0. The summed E-state index contributed by atoms with van der Waals surface area (Å²) in [4.78, 5) is 19.7. The number of aromatic nitrogens is 4. The van der Waals surface area contributed by atoms with Gasteiger partial charge in [-0.25, -0.2) is 15.0 Å². The van der Waals surface area contributed by atoms with Crippen LogP contribution < -0.4 is 5.32 Å². The predicted molar refractivity (Wildman–Crippen MR) is 214 cm³/mol. The minimum atomic E-state index is 0.104. The maximum absolute atomic E-state index is 5.19. The SMILES string of the molecule is C1=CC(c2ccccc2)Nc2c1ccc1ccc(-c3ccc(-c4ccc5ccc(-c6ccc7ccc(-c8ccccn8)nc7c6)nc5c4)cc3)nc21. The van der Waals surface area contributed by atoms with Crippen LogP contribution in [-0.4, -0.2) is 19.9 Å². The maximum atomic E-state index is 5.19. The van der Waals surface area contributed by atoms with Gasteiger partial charge < -0.3 is 5.32 Å². The molecule has 9 aromatic rings. The van der Waals surface area contributed by atoms with E-state index in [1.807, 2.05) is 24.3 Å². The molecule has 0 spiro atoms. The Labute approximate surface area is 301 Å². The van der Waals surface area contributed by atoms with E-state index in [9.17, 15) is 0 Å². The lowest BCUT2D eigenvalue weighted by atomic mass is 9.97. The second kappa shape index (κ2) is 12.4. The van der Waals surface area contributed by atoms with Crippen LogP contribution in [0.15, 0.2) is 170 Å². The first-order valence-electron chi connectivity index (χ1n) is 17.5. The number of benzene rings is 5. The molecule has 10 rings (SSSR count). The van der Waals surface area contributed by atoms with Gasteiger partial charge in [0.15, 0.2) is 0 Å². The van der Waals surface area contributed by atoms with E-state index < -0.39 is 0 Å². The Kier molecular flexibility index (Phi) is 7.14. The van der Waals surface area contributed by atoms with E-state index in [2.05, 4.69) is 156 Å². The van der Waals surface area contributed by atoms with Crippen LogP contribution in [-0.2, 0) is 0 Å². The normalized spacial score (nSPS) is 13.7. The van der Waals surface area contributed by atoms with Gasteiger partial charge in [-0.15, -0.1) is 0 Å². The van der Waals surface area contributed by atoms with Crippen molar-refractivity contribution in [2.75, 3.05) is 5.32 Å². The third kappa shape index (κ3) is 5.45. The molecule has 0 bridgehead atoms. The van der Waals surface area contributed by atoms with Crippen molar-refractivity contribution in [2.45, 2.75) is 6.04 Å². The molecule has 244 valence electrons. The van der Waals surface area contributed by atoms with E-state index in [1.54, 1.807) is 6.20 Å². The number of hydrogen-bond acceptors (Lipinski definition) is 5. The first-order valence-corrected chi connectivity index (χ1v) is 17.5. The van der Waals surface area contributed by atoms with Crippen molar-refractivity contribution in [3.63, 3.8) is 0 Å². The standard InChI is InChI=1S/C47H31N5/c1-2-6-31(7-3-1)39-24-21-35-15-16-36-22-25-40(52-47(36)46(35)51-39)32-11-9-30(10-12-32)37-17-13-33-19-23-41(49-44(33)28-37)38-18-14-34-20-26-43(50-45(34)29-38)42-8-4-5-27-48-42/h1-29,39,51H. The van der Waals surface area contributed by atoms with Crippen molar-refractivity contribution in [2.24, 2.45) is 0 Å². The summed E-state index contributed by atoms with van der Waals surface area (Å²) >= 11 is 0. The molecule has 0 fully saturated rings. The Balaban J connectivity index is 0.944. The van der Waals surface area contributed by atoms with Crippen LogP contribution in [0.1, 0.15) is 17.2 Å². The number of nitrogens with zero attached hydrogens (tertiary/aromatic N) is 4. The van der Waals surface area contributed by atoms with Crippen LogP contribution in [0, 0.1) is 0 Å². The molecule has 5 nitrogen and oxygen atoms in total. The number of pyridine rings is 4. The van der Waals surface area contributed by atoms with E-state index in [0.717, 1.165) is 89.0 Å². The van der Waals surface area contributed by atoms with Gasteiger partial charge in [0, 0.05) is 33.5 Å². The van der Waals surface area contributed by atoms with Crippen molar-refractivity contribution in [1.82, 2.24) is 19.9 Å². The van der Waals surface area contributed by atoms with Gasteiger partial charge in [-0.1, -0.05) is 127 Å². The molecule has 1 atom stereocenters. The van der Waals surface area contributed by atoms with Crippen molar-refractivity contribution in [3.05, 3.63) is 181 Å². The van der Waals surface area contributed by atoms with Crippen LogP contribution in [0.4, 0.5) is 5.69 Å². The molecule has 0 aliphatic carbocycles. The van der Waals surface area contributed by atoms with Crippen molar-refractivity contribution >= 4 is 44.5 Å². The number of hydrogen-bond donors (Lipinski definition) is 1. The number of anilines is 1. The summed E-state index contributed by atoms with van der Waals surface area (Å²) in [6.45, 7) is 0. The van der Waals surface area contributed by atoms with Gasteiger partial charge in [0.05, 0.1) is 51.1 Å². The molecular formula is C47H31N5. The van der Waals surface area contributed by atoms with Crippen LogP contribution in [0.2, 0.25) is 0 Å². The Morgan fingerprint density at radius 1 is 0.442 bits per heavy atom. The lowest BCUT2D eigenvalue weighted by molar-refractivity contribution is 0.981. The van der Waals surface area contributed by atoms with E-state index >= 15 is 0 Å². The van der Waals surface area contributed by atoms with Crippen LogP contribution >= 0.6 is 0 Å².